The molecule has 2 nitrogen and oxygen atoms in total. The second-order valence-electron chi connectivity index (χ2n) is 6.01. The Hall–Kier alpha value is -1.02. The summed E-state index contributed by atoms with van der Waals surface area (Å²) in [5, 5.41) is 3.13. The molecule has 1 amide bonds. The number of amides is 1. The average Bonchev–Trinajstić information content (AvgIpc) is 2.48. The predicted molar refractivity (Wildman–Crippen MR) is 83.9 cm³/mol. The summed E-state index contributed by atoms with van der Waals surface area (Å²) in [6, 6.07) is 10.2. The molecular weight excluding hydrogens is 270 g/mol. The highest BCUT2D eigenvalue weighted by atomic mass is 35.5. The van der Waals surface area contributed by atoms with Gasteiger partial charge in [0.25, 0.3) is 0 Å². The lowest BCUT2D eigenvalue weighted by Gasteiger charge is -2.27. The molecule has 110 valence electrons. The summed E-state index contributed by atoms with van der Waals surface area (Å²) in [5.41, 5.74) is 1.22. The Morgan fingerprint density at radius 3 is 2.50 bits per heavy atom. The molecule has 0 spiro atoms. The predicted octanol–water partition coefficient (Wildman–Crippen LogP) is 3.78. The van der Waals surface area contributed by atoms with Crippen LogP contribution < -0.4 is 5.32 Å². The van der Waals surface area contributed by atoms with Crippen LogP contribution in [0.2, 0.25) is 0 Å². The Labute approximate surface area is 126 Å². The molecule has 0 aliphatic heterocycles. The zero-order valence-electron chi connectivity index (χ0n) is 12.1. The van der Waals surface area contributed by atoms with E-state index in [2.05, 4.69) is 24.4 Å². The highest BCUT2D eigenvalue weighted by Gasteiger charge is 2.25. The van der Waals surface area contributed by atoms with E-state index in [-0.39, 0.29) is 17.9 Å². The van der Waals surface area contributed by atoms with Crippen LogP contribution in [-0.4, -0.2) is 17.8 Å². The minimum atomic E-state index is 0.0333. The number of carbonyl (C=O) groups excluding carboxylic acids is 1. The van der Waals surface area contributed by atoms with Crippen molar-refractivity contribution in [2.75, 3.05) is 5.88 Å². The van der Waals surface area contributed by atoms with E-state index in [9.17, 15) is 4.79 Å². The number of alkyl halides is 1. The highest BCUT2D eigenvalue weighted by Crippen LogP contribution is 2.28. The SMILES string of the molecule is CC1CCC(C(=O)NC(CCl)Cc2ccccc2)CC1. The maximum absolute atomic E-state index is 12.3. The van der Waals surface area contributed by atoms with Gasteiger partial charge in [0.05, 0.1) is 0 Å². The minimum absolute atomic E-state index is 0.0333. The Balaban J connectivity index is 1.85. The van der Waals surface area contributed by atoms with Crippen molar-refractivity contribution in [1.82, 2.24) is 5.32 Å². The Morgan fingerprint density at radius 2 is 1.90 bits per heavy atom. The van der Waals surface area contributed by atoms with Crippen LogP contribution in [0.4, 0.5) is 0 Å². The highest BCUT2D eigenvalue weighted by molar-refractivity contribution is 6.18. The first-order chi connectivity index (χ1) is 9.69. The van der Waals surface area contributed by atoms with Crippen molar-refractivity contribution in [1.29, 1.82) is 0 Å². The van der Waals surface area contributed by atoms with Gasteiger partial charge in [-0.1, -0.05) is 37.3 Å². The average molecular weight is 294 g/mol. The Bertz CT molecular complexity index is 412. The number of benzene rings is 1. The van der Waals surface area contributed by atoms with Gasteiger partial charge in [0.2, 0.25) is 5.91 Å². The molecule has 0 bridgehead atoms. The summed E-state index contributed by atoms with van der Waals surface area (Å²) in [7, 11) is 0. The smallest absolute Gasteiger partial charge is 0.223 e. The number of hydrogen-bond acceptors (Lipinski definition) is 1. The Kier molecular flexibility index (Phi) is 5.90. The van der Waals surface area contributed by atoms with E-state index in [0.29, 0.717) is 5.88 Å². The van der Waals surface area contributed by atoms with E-state index >= 15 is 0 Å². The Morgan fingerprint density at radius 1 is 1.25 bits per heavy atom. The molecule has 3 heteroatoms. The molecule has 1 aliphatic carbocycles. The monoisotopic (exact) mass is 293 g/mol. The topological polar surface area (TPSA) is 29.1 Å². The van der Waals surface area contributed by atoms with Crippen LogP contribution in [0.1, 0.15) is 38.2 Å². The van der Waals surface area contributed by atoms with Crippen molar-refractivity contribution >= 4 is 17.5 Å². The lowest BCUT2D eigenvalue weighted by atomic mass is 9.82. The number of hydrogen-bond donors (Lipinski definition) is 1. The maximum atomic E-state index is 12.3. The van der Waals surface area contributed by atoms with Crippen molar-refractivity contribution < 1.29 is 4.79 Å². The van der Waals surface area contributed by atoms with E-state index in [1.807, 2.05) is 18.2 Å². The molecule has 1 atom stereocenters. The van der Waals surface area contributed by atoms with Crippen LogP contribution in [0.15, 0.2) is 30.3 Å². The van der Waals surface area contributed by atoms with Gasteiger partial charge in [0.15, 0.2) is 0 Å². The third-order valence-electron chi connectivity index (χ3n) is 4.24. The summed E-state index contributed by atoms with van der Waals surface area (Å²) >= 11 is 6.01. The van der Waals surface area contributed by atoms with Gasteiger partial charge < -0.3 is 5.32 Å². The largest absolute Gasteiger partial charge is 0.352 e. The van der Waals surface area contributed by atoms with E-state index in [1.165, 1.54) is 18.4 Å². The van der Waals surface area contributed by atoms with E-state index in [0.717, 1.165) is 25.2 Å². The fourth-order valence-electron chi connectivity index (χ4n) is 2.88. The summed E-state index contributed by atoms with van der Waals surface area (Å²) in [5.74, 6) is 1.61. The van der Waals surface area contributed by atoms with E-state index < -0.39 is 0 Å². The molecule has 0 saturated heterocycles. The number of halogens is 1. The normalized spacial score (nSPS) is 24.1. The standard InChI is InChI=1S/C17H24ClNO/c1-13-7-9-15(10-8-13)17(20)19-16(12-18)11-14-5-3-2-4-6-14/h2-6,13,15-16H,7-12H2,1H3,(H,19,20). The van der Waals surface area contributed by atoms with Gasteiger partial charge in [0, 0.05) is 17.8 Å². The lowest BCUT2D eigenvalue weighted by Crippen LogP contribution is -2.42. The van der Waals surface area contributed by atoms with Crippen LogP contribution in [0.25, 0.3) is 0 Å². The van der Waals surface area contributed by atoms with Gasteiger partial charge in [-0.3, -0.25) is 4.79 Å². The first kappa shape index (κ1) is 15.4. The minimum Gasteiger partial charge on any atom is -0.352 e. The van der Waals surface area contributed by atoms with Crippen molar-refractivity contribution in [3.8, 4) is 0 Å². The number of rotatable bonds is 5. The van der Waals surface area contributed by atoms with Crippen molar-refractivity contribution in [2.45, 2.75) is 45.1 Å². The van der Waals surface area contributed by atoms with Gasteiger partial charge >= 0.3 is 0 Å². The second-order valence-corrected chi connectivity index (χ2v) is 6.31. The molecule has 1 fully saturated rings. The van der Waals surface area contributed by atoms with Crippen LogP contribution in [0, 0.1) is 11.8 Å². The fraction of sp³-hybridized carbons (Fsp3) is 0.588. The molecule has 1 aromatic rings. The molecule has 2 rings (SSSR count). The summed E-state index contributed by atoms with van der Waals surface area (Å²) in [6.07, 6.45) is 5.19. The van der Waals surface area contributed by atoms with Crippen LogP contribution in [-0.2, 0) is 11.2 Å². The van der Waals surface area contributed by atoms with Crippen LogP contribution >= 0.6 is 11.6 Å². The van der Waals surface area contributed by atoms with Crippen molar-refractivity contribution in [3.05, 3.63) is 35.9 Å². The maximum Gasteiger partial charge on any atom is 0.223 e. The van der Waals surface area contributed by atoms with Gasteiger partial charge in [0.1, 0.15) is 0 Å². The first-order valence-corrected chi connectivity index (χ1v) is 8.12. The third kappa shape index (κ3) is 4.52. The fourth-order valence-corrected chi connectivity index (χ4v) is 3.07. The van der Waals surface area contributed by atoms with Gasteiger partial charge in [-0.05, 0) is 43.6 Å². The molecule has 0 radical (unpaired) electrons. The van der Waals surface area contributed by atoms with Crippen molar-refractivity contribution in [2.24, 2.45) is 11.8 Å². The molecule has 1 N–H and O–H groups in total. The molecule has 1 saturated carbocycles. The summed E-state index contributed by atoms with van der Waals surface area (Å²) in [6.45, 7) is 2.27. The molecule has 0 heterocycles. The summed E-state index contributed by atoms with van der Waals surface area (Å²) in [4.78, 5) is 12.3. The van der Waals surface area contributed by atoms with Crippen LogP contribution in [0.3, 0.4) is 0 Å². The number of nitrogens with one attached hydrogen (secondary N) is 1. The zero-order chi connectivity index (χ0) is 14.4. The second kappa shape index (κ2) is 7.68. The van der Waals surface area contributed by atoms with Gasteiger partial charge in [-0.2, -0.15) is 0 Å². The molecule has 20 heavy (non-hydrogen) atoms. The van der Waals surface area contributed by atoms with Gasteiger partial charge in [-0.15, -0.1) is 11.6 Å². The first-order valence-electron chi connectivity index (χ1n) is 7.59. The van der Waals surface area contributed by atoms with Crippen LogP contribution in [0.5, 0.6) is 0 Å². The quantitative estimate of drug-likeness (QED) is 0.823. The van der Waals surface area contributed by atoms with Crippen molar-refractivity contribution in [3.63, 3.8) is 0 Å². The summed E-state index contributed by atoms with van der Waals surface area (Å²) < 4.78 is 0. The lowest BCUT2D eigenvalue weighted by molar-refractivity contribution is -0.126. The zero-order valence-corrected chi connectivity index (χ0v) is 12.9. The molecule has 1 unspecified atom stereocenters. The molecule has 0 aromatic heterocycles. The molecule has 1 aliphatic rings. The van der Waals surface area contributed by atoms with E-state index in [1.54, 1.807) is 0 Å². The number of carbonyl (C=O) groups is 1. The third-order valence-corrected chi connectivity index (χ3v) is 4.62. The van der Waals surface area contributed by atoms with Gasteiger partial charge in [-0.25, -0.2) is 0 Å². The molecular formula is C17H24ClNO. The van der Waals surface area contributed by atoms with E-state index in [4.69, 9.17) is 11.6 Å². The molecule has 1 aromatic carbocycles.